The highest BCUT2D eigenvalue weighted by Gasteiger charge is 2.11. The number of hydrogen-bond acceptors (Lipinski definition) is 6. The molecule has 116 valence electrons. The van der Waals surface area contributed by atoms with Gasteiger partial charge in [0.1, 0.15) is 11.5 Å². The summed E-state index contributed by atoms with van der Waals surface area (Å²) in [4.78, 5) is 23.4. The molecule has 1 aromatic carbocycles. The molecule has 3 N–H and O–H groups in total. The first-order valence-corrected chi connectivity index (χ1v) is 7.34. The van der Waals surface area contributed by atoms with Gasteiger partial charge in [0.05, 0.1) is 16.5 Å². The first-order valence-electron chi connectivity index (χ1n) is 5.97. The molecule has 0 bridgehead atoms. The number of benzene rings is 1. The Bertz CT molecular complexity index is 783. The molecule has 0 aliphatic heterocycles. The van der Waals surface area contributed by atoms with E-state index in [2.05, 4.69) is 15.5 Å². The van der Waals surface area contributed by atoms with Gasteiger partial charge in [0.2, 0.25) is 11.1 Å². The van der Waals surface area contributed by atoms with Crippen LogP contribution in [0.5, 0.6) is 0 Å². The molecule has 1 aromatic heterocycles. The summed E-state index contributed by atoms with van der Waals surface area (Å²) in [5, 5.41) is 10.1. The second kappa shape index (κ2) is 6.75. The lowest BCUT2D eigenvalue weighted by Crippen LogP contribution is -2.32. The van der Waals surface area contributed by atoms with Gasteiger partial charge in [-0.1, -0.05) is 23.4 Å². The van der Waals surface area contributed by atoms with E-state index in [9.17, 15) is 14.0 Å². The Hall–Kier alpha value is -2.13. The highest BCUT2D eigenvalue weighted by Crippen LogP contribution is 2.22. The van der Waals surface area contributed by atoms with Gasteiger partial charge in [0, 0.05) is 0 Å². The highest BCUT2D eigenvalue weighted by molar-refractivity contribution is 7.99. The normalized spacial score (nSPS) is 10.5. The predicted octanol–water partition coefficient (Wildman–Crippen LogP) is 1.18. The molecule has 2 rings (SSSR count). The molecule has 0 radical (unpaired) electrons. The Balaban J connectivity index is 2.01. The maximum atomic E-state index is 12.9. The number of hydrogen-bond donors (Lipinski definition) is 2. The number of thioether (sulfide) groups is 1. The standard InChI is InChI=1S/C12H11ClFN5O2S/c1-6-11(21)19(15)12(18-17-6)22-5-10(20)16-9-3-2-7(14)4-8(9)13/h2-4H,5,15H2,1H3,(H,16,20). The van der Waals surface area contributed by atoms with Gasteiger partial charge in [-0.05, 0) is 25.1 Å². The molecule has 0 aliphatic carbocycles. The van der Waals surface area contributed by atoms with Crippen LogP contribution in [0.3, 0.4) is 0 Å². The van der Waals surface area contributed by atoms with Gasteiger partial charge >= 0.3 is 0 Å². The number of anilines is 1. The van der Waals surface area contributed by atoms with Crippen LogP contribution < -0.4 is 16.7 Å². The number of carbonyl (C=O) groups excluding carboxylic acids is 1. The average Bonchev–Trinajstić information content (AvgIpc) is 2.47. The number of nitrogens with zero attached hydrogens (tertiary/aromatic N) is 3. The summed E-state index contributed by atoms with van der Waals surface area (Å²) < 4.78 is 13.7. The number of aromatic nitrogens is 3. The fourth-order valence-electron chi connectivity index (χ4n) is 1.48. The van der Waals surface area contributed by atoms with Crippen molar-refractivity contribution in [2.24, 2.45) is 0 Å². The number of rotatable bonds is 4. The number of nitrogens with two attached hydrogens (primary N) is 1. The Kier molecular flexibility index (Phi) is 4.99. The van der Waals surface area contributed by atoms with Gasteiger partial charge in [-0.2, -0.15) is 4.68 Å². The molecule has 2 aromatic rings. The quantitative estimate of drug-likeness (QED) is 0.638. The molecule has 0 spiro atoms. The summed E-state index contributed by atoms with van der Waals surface area (Å²) in [7, 11) is 0. The smallest absolute Gasteiger partial charge is 0.294 e. The Morgan fingerprint density at radius 1 is 1.50 bits per heavy atom. The van der Waals surface area contributed by atoms with Crippen LogP contribution in [-0.4, -0.2) is 26.5 Å². The van der Waals surface area contributed by atoms with E-state index < -0.39 is 17.3 Å². The molecule has 0 unspecified atom stereocenters. The van der Waals surface area contributed by atoms with E-state index in [-0.39, 0.29) is 27.3 Å². The second-order valence-corrected chi connectivity index (χ2v) is 5.55. The van der Waals surface area contributed by atoms with Gasteiger partial charge in [-0.25, -0.2) is 4.39 Å². The molecule has 0 atom stereocenters. The molecule has 10 heteroatoms. The largest absolute Gasteiger partial charge is 0.334 e. The highest BCUT2D eigenvalue weighted by atomic mass is 35.5. The fraction of sp³-hybridized carbons (Fsp3) is 0.167. The van der Waals surface area contributed by atoms with Gasteiger partial charge in [0.25, 0.3) is 5.56 Å². The number of halogens is 2. The van der Waals surface area contributed by atoms with Crippen LogP contribution in [0.4, 0.5) is 10.1 Å². The van der Waals surface area contributed by atoms with E-state index >= 15 is 0 Å². The number of nitrogen functional groups attached to an aromatic ring is 1. The Morgan fingerprint density at radius 2 is 2.23 bits per heavy atom. The van der Waals surface area contributed by atoms with Crippen molar-refractivity contribution in [1.82, 2.24) is 14.9 Å². The van der Waals surface area contributed by atoms with Crippen LogP contribution in [0.2, 0.25) is 5.02 Å². The van der Waals surface area contributed by atoms with Crippen LogP contribution in [0.25, 0.3) is 0 Å². The molecule has 0 fully saturated rings. The monoisotopic (exact) mass is 343 g/mol. The van der Waals surface area contributed by atoms with Crippen LogP contribution in [0.1, 0.15) is 5.69 Å². The van der Waals surface area contributed by atoms with E-state index in [1.54, 1.807) is 0 Å². The molecule has 0 saturated carbocycles. The van der Waals surface area contributed by atoms with Crippen molar-refractivity contribution >= 4 is 35.0 Å². The predicted molar refractivity (Wildman–Crippen MR) is 81.9 cm³/mol. The summed E-state index contributed by atoms with van der Waals surface area (Å²) in [5.41, 5.74) is -0.0392. The first kappa shape index (κ1) is 16.2. The van der Waals surface area contributed by atoms with Crippen molar-refractivity contribution in [3.63, 3.8) is 0 Å². The molecular formula is C12H11ClFN5O2S. The zero-order valence-corrected chi connectivity index (χ0v) is 12.9. The van der Waals surface area contributed by atoms with Crippen molar-refractivity contribution < 1.29 is 9.18 Å². The third kappa shape index (κ3) is 3.74. The van der Waals surface area contributed by atoms with Crippen LogP contribution >= 0.6 is 23.4 Å². The number of amides is 1. The van der Waals surface area contributed by atoms with Gasteiger partial charge in [0.15, 0.2) is 0 Å². The van der Waals surface area contributed by atoms with E-state index in [4.69, 9.17) is 17.4 Å². The fourth-order valence-corrected chi connectivity index (χ4v) is 2.34. The SMILES string of the molecule is Cc1nnc(SCC(=O)Nc2ccc(F)cc2Cl)n(N)c1=O. The lowest BCUT2D eigenvalue weighted by molar-refractivity contribution is -0.113. The van der Waals surface area contributed by atoms with Crippen molar-refractivity contribution in [3.05, 3.63) is 45.1 Å². The van der Waals surface area contributed by atoms with Crippen molar-refractivity contribution in [3.8, 4) is 0 Å². The zero-order chi connectivity index (χ0) is 16.3. The maximum absolute atomic E-state index is 12.9. The van der Waals surface area contributed by atoms with E-state index in [1.807, 2.05) is 0 Å². The lowest BCUT2D eigenvalue weighted by Gasteiger charge is -2.08. The van der Waals surface area contributed by atoms with Crippen molar-refractivity contribution in [2.75, 3.05) is 16.9 Å². The minimum atomic E-state index is -0.501. The minimum absolute atomic E-state index is 0.0674. The Morgan fingerprint density at radius 3 is 2.91 bits per heavy atom. The zero-order valence-electron chi connectivity index (χ0n) is 11.3. The van der Waals surface area contributed by atoms with Crippen molar-refractivity contribution in [2.45, 2.75) is 12.1 Å². The van der Waals surface area contributed by atoms with E-state index in [1.165, 1.54) is 19.1 Å². The van der Waals surface area contributed by atoms with Gasteiger partial charge < -0.3 is 11.2 Å². The summed E-state index contributed by atoms with van der Waals surface area (Å²) in [6.07, 6.45) is 0. The molecular weight excluding hydrogens is 333 g/mol. The topological polar surface area (TPSA) is 103 Å². The summed E-state index contributed by atoms with van der Waals surface area (Å²) in [6, 6.07) is 3.62. The summed E-state index contributed by atoms with van der Waals surface area (Å²) in [6.45, 7) is 1.48. The average molecular weight is 344 g/mol. The van der Waals surface area contributed by atoms with Crippen LogP contribution in [-0.2, 0) is 4.79 Å². The lowest BCUT2D eigenvalue weighted by atomic mass is 10.3. The molecule has 22 heavy (non-hydrogen) atoms. The third-order valence-electron chi connectivity index (χ3n) is 2.56. The van der Waals surface area contributed by atoms with Crippen LogP contribution in [0.15, 0.2) is 28.2 Å². The number of nitrogens with one attached hydrogen (secondary N) is 1. The van der Waals surface area contributed by atoms with Crippen molar-refractivity contribution in [1.29, 1.82) is 0 Å². The van der Waals surface area contributed by atoms with Gasteiger partial charge in [-0.15, -0.1) is 10.2 Å². The van der Waals surface area contributed by atoms with Crippen LogP contribution in [0, 0.1) is 12.7 Å². The summed E-state index contributed by atoms with van der Waals surface area (Å²) >= 11 is 6.75. The van der Waals surface area contributed by atoms with E-state index in [0.29, 0.717) is 0 Å². The van der Waals surface area contributed by atoms with E-state index in [0.717, 1.165) is 22.5 Å². The molecule has 1 heterocycles. The maximum Gasteiger partial charge on any atom is 0.294 e. The third-order valence-corrected chi connectivity index (χ3v) is 3.81. The molecule has 0 saturated heterocycles. The second-order valence-electron chi connectivity index (χ2n) is 4.20. The first-order chi connectivity index (χ1) is 10.4. The Labute approximate surface area is 133 Å². The molecule has 7 nitrogen and oxygen atoms in total. The minimum Gasteiger partial charge on any atom is -0.334 e. The number of aryl methyl sites for hydroxylation is 1. The molecule has 0 aliphatic rings. The molecule has 1 amide bonds. The van der Waals surface area contributed by atoms with Gasteiger partial charge in [-0.3, -0.25) is 9.59 Å². The summed E-state index contributed by atoms with van der Waals surface area (Å²) in [5.74, 6) is 4.57. The number of carbonyl (C=O) groups is 1.